The van der Waals surface area contributed by atoms with Gasteiger partial charge in [-0.2, -0.15) is 0 Å². The van der Waals surface area contributed by atoms with Gasteiger partial charge >= 0.3 is 6.03 Å². The lowest BCUT2D eigenvalue weighted by molar-refractivity contribution is 0.202. The van der Waals surface area contributed by atoms with E-state index in [0.29, 0.717) is 11.7 Å². The molecular weight excluding hydrogens is 226 g/mol. The molecule has 90 valence electrons. The summed E-state index contributed by atoms with van der Waals surface area (Å²) in [6, 6.07) is -0.244. The molecule has 1 aromatic rings. The molecule has 0 saturated carbocycles. The second-order valence-corrected chi connectivity index (χ2v) is 4.57. The summed E-state index contributed by atoms with van der Waals surface area (Å²) in [5.74, 6) is 0. The van der Waals surface area contributed by atoms with Crippen LogP contribution in [0.3, 0.4) is 0 Å². The third kappa shape index (κ3) is 3.79. The number of thiazole rings is 1. The van der Waals surface area contributed by atoms with Gasteiger partial charge in [-0.25, -0.2) is 9.78 Å². The molecular formula is C10H17N3O2S. The monoisotopic (exact) mass is 243 g/mol. The standard InChI is InChI=1S/C10H17N3O2S/c1-3-4-8-7-11-9(16-8)12-10(15)13(2)5-6-14/h7,14H,3-6H2,1-2H3,(H,11,12,15). The van der Waals surface area contributed by atoms with Gasteiger partial charge in [0.25, 0.3) is 0 Å². The van der Waals surface area contributed by atoms with E-state index >= 15 is 0 Å². The summed E-state index contributed by atoms with van der Waals surface area (Å²) >= 11 is 1.49. The lowest BCUT2D eigenvalue weighted by atomic mass is 10.3. The fourth-order valence-electron chi connectivity index (χ4n) is 1.17. The Balaban J connectivity index is 2.49. The summed E-state index contributed by atoms with van der Waals surface area (Å²) in [6.45, 7) is 2.38. The predicted molar refractivity (Wildman–Crippen MR) is 64.8 cm³/mol. The number of nitrogens with zero attached hydrogens (tertiary/aromatic N) is 2. The van der Waals surface area contributed by atoms with E-state index in [9.17, 15) is 4.79 Å². The zero-order valence-corrected chi connectivity index (χ0v) is 10.4. The smallest absolute Gasteiger partial charge is 0.323 e. The SMILES string of the molecule is CCCc1cnc(NC(=O)N(C)CCO)s1. The van der Waals surface area contributed by atoms with Crippen molar-refractivity contribution in [2.75, 3.05) is 25.5 Å². The molecule has 1 aromatic heterocycles. The molecule has 0 unspecified atom stereocenters. The van der Waals surface area contributed by atoms with Gasteiger partial charge in [0.15, 0.2) is 5.13 Å². The molecule has 6 heteroatoms. The lowest BCUT2D eigenvalue weighted by Crippen LogP contribution is -2.33. The fourth-order valence-corrected chi connectivity index (χ4v) is 2.07. The minimum atomic E-state index is -0.244. The fraction of sp³-hybridized carbons (Fsp3) is 0.600. The van der Waals surface area contributed by atoms with Crippen LogP contribution < -0.4 is 5.32 Å². The molecule has 1 heterocycles. The van der Waals surface area contributed by atoms with Crippen molar-refractivity contribution in [3.8, 4) is 0 Å². The molecule has 16 heavy (non-hydrogen) atoms. The lowest BCUT2D eigenvalue weighted by Gasteiger charge is -2.14. The van der Waals surface area contributed by atoms with Crippen LogP contribution in [0.25, 0.3) is 0 Å². The summed E-state index contributed by atoms with van der Waals surface area (Å²) in [5.41, 5.74) is 0. The van der Waals surface area contributed by atoms with Gasteiger partial charge in [0, 0.05) is 24.7 Å². The first kappa shape index (κ1) is 12.9. The first-order valence-corrected chi connectivity index (χ1v) is 6.06. The van der Waals surface area contributed by atoms with Crippen LogP contribution in [0.15, 0.2) is 6.20 Å². The number of amides is 2. The van der Waals surface area contributed by atoms with Gasteiger partial charge in [0.1, 0.15) is 0 Å². The van der Waals surface area contributed by atoms with E-state index in [0.717, 1.165) is 12.8 Å². The highest BCUT2D eigenvalue weighted by Crippen LogP contribution is 2.19. The maximum atomic E-state index is 11.5. The molecule has 0 atom stereocenters. The largest absolute Gasteiger partial charge is 0.395 e. The highest BCUT2D eigenvalue weighted by atomic mass is 32.1. The zero-order chi connectivity index (χ0) is 12.0. The number of hydrogen-bond acceptors (Lipinski definition) is 4. The average Bonchev–Trinajstić information content (AvgIpc) is 2.66. The topological polar surface area (TPSA) is 65.5 Å². The maximum absolute atomic E-state index is 11.5. The number of aromatic nitrogens is 1. The number of carbonyl (C=O) groups is 1. The number of aliphatic hydroxyl groups excluding tert-OH is 1. The first-order valence-electron chi connectivity index (χ1n) is 5.25. The predicted octanol–water partition coefficient (Wildman–Crippen LogP) is 1.55. The van der Waals surface area contributed by atoms with Crippen molar-refractivity contribution in [1.82, 2.24) is 9.88 Å². The number of aliphatic hydroxyl groups is 1. The molecule has 0 aliphatic carbocycles. The van der Waals surface area contributed by atoms with Crippen LogP contribution in [0.1, 0.15) is 18.2 Å². The molecule has 0 spiro atoms. The number of hydrogen-bond donors (Lipinski definition) is 2. The molecule has 0 aromatic carbocycles. The van der Waals surface area contributed by atoms with Crippen molar-refractivity contribution in [3.63, 3.8) is 0 Å². The summed E-state index contributed by atoms with van der Waals surface area (Å²) in [5, 5.41) is 12.0. The molecule has 0 fully saturated rings. The van der Waals surface area contributed by atoms with E-state index in [4.69, 9.17) is 5.11 Å². The number of rotatable bonds is 5. The molecule has 5 nitrogen and oxygen atoms in total. The highest BCUT2D eigenvalue weighted by Gasteiger charge is 2.10. The summed E-state index contributed by atoms with van der Waals surface area (Å²) in [7, 11) is 1.63. The second kappa shape index (κ2) is 6.44. The van der Waals surface area contributed by atoms with Crippen molar-refractivity contribution in [3.05, 3.63) is 11.1 Å². The van der Waals surface area contributed by atoms with E-state index < -0.39 is 0 Å². The average molecular weight is 243 g/mol. The number of carbonyl (C=O) groups excluding carboxylic acids is 1. The van der Waals surface area contributed by atoms with Crippen molar-refractivity contribution >= 4 is 22.5 Å². The number of anilines is 1. The van der Waals surface area contributed by atoms with E-state index in [-0.39, 0.29) is 12.6 Å². The summed E-state index contributed by atoms with van der Waals surface area (Å²) < 4.78 is 0. The molecule has 2 amide bonds. The van der Waals surface area contributed by atoms with E-state index in [1.54, 1.807) is 13.2 Å². The quantitative estimate of drug-likeness (QED) is 0.824. The van der Waals surface area contributed by atoms with Gasteiger partial charge in [-0.15, -0.1) is 11.3 Å². The van der Waals surface area contributed by atoms with Crippen LogP contribution in [0.2, 0.25) is 0 Å². The van der Waals surface area contributed by atoms with Crippen molar-refractivity contribution < 1.29 is 9.90 Å². The molecule has 2 N–H and O–H groups in total. The summed E-state index contributed by atoms with van der Waals surface area (Å²) in [6.07, 6.45) is 3.84. The maximum Gasteiger partial charge on any atom is 0.323 e. The van der Waals surface area contributed by atoms with Crippen LogP contribution >= 0.6 is 11.3 Å². The van der Waals surface area contributed by atoms with E-state index in [1.165, 1.54) is 21.1 Å². The number of likely N-dealkylation sites (N-methyl/N-ethyl adjacent to an activating group) is 1. The van der Waals surface area contributed by atoms with Gasteiger partial charge in [-0.3, -0.25) is 5.32 Å². The van der Waals surface area contributed by atoms with Gasteiger partial charge in [-0.1, -0.05) is 13.3 Å². The van der Waals surface area contributed by atoms with Crippen LogP contribution in [-0.2, 0) is 6.42 Å². The number of urea groups is 1. The molecule has 0 radical (unpaired) electrons. The Labute approximate surface area is 99.1 Å². The minimum Gasteiger partial charge on any atom is -0.395 e. The van der Waals surface area contributed by atoms with Gasteiger partial charge in [-0.05, 0) is 6.42 Å². The normalized spacial score (nSPS) is 10.2. The molecule has 0 aliphatic heterocycles. The number of aryl methyl sites for hydroxylation is 1. The first-order chi connectivity index (χ1) is 7.67. The Hall–Kier alpha value is -1.14. The summed E-state index contributed by atoms with van der Waals surface area (Å²) in [4.78, 5) is 18.2. The highest BCUT2D eigenvalue weighted by molar-refractivity contribution is 7.15. The minimum absolute atomic E-state index is 0.0388. The van der Waals surface area contributed by atoms with E-state index in [2.05, 4.69) is 17.2 Å². The Morgan fingerprint density at radius 1 is 1.69 bits per heavy atom. The van der Waals surface area contributed by atoms with Crippen LogP contribution in [0, 0.1) is 0 Å². The molecule has 0 saturated heterocycles. The third-order valence-corrected chi connectivity index (χ3v) is 3.02. The second-order valence-electron chi connectivity index (χ2n) is 3.46. The Morgan fingerprint density at radius 3 is 3.06 bits per heavy atom. The van der Waals surface area contributed by atoms with Crippen LogP contribution in [-0.4, -0.2) is 41.2 Å². The van der Waals surface area contributed by atoms with Crippen molar-refractivity contribution in [1.29, 1.82) is 0 Å². The molecule has 1 rings (SSSR count). The van der Waals surface area contributed by atoms with Crippen molar-refractivity contribution in [2.45, 2.75) is 19.8 Å². The van der Waals surface area contributed by atoms with Gasteiger partial charge < -0.3 is 10.0 Å². The Morgan fingerprint density at radius 2 is 2.44 bits per heavy atom. The van der Waals surface area contributed by atoms with Gasteiger partial charge in [0.2, 0.25) is 0 Å². The Kier molecular flexibility index (Phi) is 5.21. The zero-order valence-electron chi connectivity index (χ0n) is 9.56. The van der Waals surface area contributed by atoms with Crippen molar-refractivity contribution in [2.24, 2.45) is 0 Å². The Bertz CT molecular complexity index is 341. The van der Waals surface area contributed by atoms with Crippen LogP contribution in [0.4, 0.5) is 9.93 Å². The molecule has 0 aliphatic rings. The van der Waals surface area contributed by atoms with Crippen LogP contribution in [0.5, 0.6) is 0 Å². The van der Waals surface area contributed by atoms with Gasteiger partial charge in [0.05, 0.1) is 6.61 Å². The number of nitrogens with one attached hydrogen (secondary N) is 1. The molecule has 0 bridgehead atoms. The van der Waals surface area contributed by atoms with E-state index in [1.807, 2.05) is 0 Å². The third-order valence-electron chi connectivity index (χ3n) is 2.05.